The van der Waals surface area contributed by atoms with E-state index >= 15 is 0 Å². The van der Waals surface area contributed by atoms with Gasteiger partial charge in [0.05, 0.1) is 0 Å². The first-order valence-electron chi connectivity index (χ1n) is 9.70. The van der Waals surface area contributed by atoms with Gasteiger partial charge < -0.3 is 20.4 Å². The third kappa shape index (κ3) is 8.56. The lowest BCUT2D eigenvalue weighted by molar-refractivity contribution is -0.126. The van der Waals surface area contributed by atoms with Crippen molar-refractivity contribution in [2.45, 2.75) is 52.9 Å². The highest BCUT2D eigenvalue weighted by Crippen LogP contribution is 2.19. The lowest BCUT2D eigenvalue weighted by atomic mass is 9.91. The summed E-state index contributed by atoms with van der Waals surface area (Å²) < 4.78 is 0. The molecule has 1 aliphatic rings. The highest BCUT2D eigenvalue weighted by molar-refractivity contribution is 5.79. The molecule has 3 amide bonds. The van der Waals surface area contributed by atoms with Gasteiger partial charge in [0.25, 0.3) is 0 Å². The molecule has 6 nitrogen and oxygen atoms in total. The van der Waals surface area contributed by atoms with Crippen molar-refractivity contribution in [3.05, 3.63) is 0 Å². The maximum absolute atomic E-state index is 12.4. The maximum atomic E-state index is 12.4. The van der Waals surface area contributed by atoms with Crippen LogP contribution in [0, 0.1) is 11.3 Å². The molecule has 0 aromatic heterocycles. The van der Waals surface area contributed by atoms with E-state index in [9.17, 15) is 9.59 Å². The summed E-state index contributed by atoms with van der Waals surface area (Å²) in [6.45, 7) is 10.2. The van der Waals surface area contributed by atoms with E-state index in [0.29, 0.717) is 19.6 Å². The minimum atomic E-state index is 0.0158. The number of unbranched alkanes of at least 4 members (excludes halogenated alkanes) is 2. The van der Waals surface area contributed by atoms with Gasteiger partial charge in [0, 0.05) is 38.6 Å². The summed E-state index contributed by atoms with van der Waals surface area (Å²) in [6.07, 6.45) is 4.84. The van der Waals surface area contributed by atoms with Crippen molar-refractivity contribution in [2.24, 2.45) is 11.3 Å². The van der Waals surface area contributed by atoms with E-state index < -0.39 is 0 Å². The Morgan fingerprint density at radius 3 is 2.32 bits per heavy atom. The van der Waals surface area contributed by atoms with Crippen molar-refractivity contribution in [2.75, 3.05) is 46.8 Å². The van der Waals surface area contributed by atoms with Gasteiger partial charge in [-0.25, -0.2) is 4.79 Å². The molecule has 0 radical (unpaired) electrons. The summed E-state index contributed by atoms with van der Waals surface area (Å²) in [4.78, 5) is 28.5. The van der Waals surface area contributed by atoms with Gasteiger partial charge in [-0.2, -0.15) is 0 Å². The van der Waals surface area contributed by atoms with Crippen LogP contribution < -0.4 is 10.6 Å². The number of urea groups is 1. The molecule has 0 atom stereocenters. The average molecular weight is 355 g/mol. The molecule has 0 aromatic carbocycles. The van der Waals surface area contributed by atoms with Crippen LogP contribution in [0.15, 0.2) is 0 Å². The Morgan fingerprint density at radius 2 is 1.76 bits per heavy atom. The fourth-order valence-corrected chi connectivity index (χ4v) is 3.41. The predicted molar refractivity (Wildman–Crippen MR) is 103 cm³/mol. The third-order valence-electron chi connectivity index (χ3n) is 4.69. The van der Waals surface area contributed by atoms with E-state index in [0.717, 1.165) is 45.2 Å². The fraction of sp³-hybridized carbons (Fsp3) is 0.895. The summed E-state index contributed by atoms with van der Waals surface area (Å²) in [5.74, 6) is 0.161. The van der Waals surface area contributed by atoms with Crippen molar-refractivity contribution in [3.63, 3.8) is 0 Å². The Hall–Kier alpha value is -1.30. The number of hydrogen-bond donors (Lipinski definition) is 2. The maximum Gasteiger partial charge on any atom is 0.317 e. The zero-order valence-electron chi connectivity index (χ0n) is 16.9. The Morgan fingerprint density at radius 1 is 1.12 bits per heavy atom. The predicted octanol–water partition coefficient (Wildman–Crippen LogP) is 2.30. The van der Waals surface area contributed by atoms with Crippen LogP contribution in [0.25, 0.3) is 0 Å². The Bertz CT molecular complexity index is 416. The third-order valence-corrected chi connectivity index (χ3v) is 4.69. The van der Waals surface area contributed by atoms with Crippen LogP contribution in [0.5, 0.6) is 0 Å². The smallest absolute Gasteiger partial charge is 0.317 e. The van der Waals surface area contributed by atoms with E-state index in [2.05, 4.69) is 36.3 Å². The SMILES string of the molecule is CCCCCNC(=O)N1CCC(C(=O)NCC(C)(C)CN(C)C)CC1. The second kappa shape index (κ2) is 10.6. The summed E-state index contributed by atoms with van der Waals surface area (Å²) in [5, 5.41) is 6.08. The Kier molecular flexibility index (Phi) is 9.25. The summed E-state index contributed by atoms with van der Waals surface area (Å²) in [7, 11) is 4.10. The topological polar surface area (TPSA) is 64.7 Å². The standard InChI is InChI=1S/C19H38N4O2/c1-6-7-8-11-20-18(25)23-12-9-16(10-13-23)17(24)21-14-19(2,3)15-22(4)5/h16H,6-15H2,1-5H3,(H,20,25)(H,21,24). The minimum Gasteiger partial charge on any atom is -0.355 e. The van der Waals surface area contributed by atoms with Crippen molar-refractivity contribution < 1.29 is 9.59 Å². The molecule has 0 aliphatic carbocycles. The number of likely N-dealkylation sites (tertiary alicyclic amines) is 1. The Balaban J connectivity index is 2.28. The van der Waals surface area contributed by atoms with Crippen molar-refractivity contribution >= 4 is 11.9 Å². The van der Waals surface area contributed by atoms with E-state index in [-0.39, 0.29) is 23.3 Å². The van der Waals surface area contributed by atoms with E-state index in [1.54, 1.807) is 0 Å². The highest BCUT2D eigenvalue weighted by atomic mass is 16.2. The first-order chi connectivity index (χ1) is 11.7. The first-order valence-corrected chi connectivity index (χ1v) is 9.70. The van der Waals surface area contributed by atoms with Gasteiger partial charge in [0.1, 0.15) is 0 Å². The molecule has 146 valence electrons. The molecular formula is C19H38N4O2. The molecule has 0 aromatic rings. The number of nitrogens with zero attached hydrogens (tertiary/aromatic N) is 2. The van der Waals surface area contributed by atoms with E-state index in [4.69, 9.17) is 0 Å². The van der Waals surface area contributed by atoms with Crippen LogP contribution in [0.4, 0.5) is 4.79 Å². The van der Waals surface area contributed by atoms with Crippen LogP contribution in [0.2, 0.25) is 0 Å². The lowest BCUT2D eigenvalue weighted by Gasteiger charge is -2.33. The zero-order valence-corrected chi connectivity index (χ0v) is 16.9. The second-order valence-electron chi connectivity index (χ2n) is 8.32. The van der Waals surface area contributed by atoms with Gasteiger partial charge in [-0.15, -0.1) is 0 Å². The molecule has 6 heteroatoms. The van der Waals surface area contributed by atoms with Crippen LogP contribution in [-0.4, -0.2) is 68.6 Å². The molecule has 1 saturated heterocycles. The normalized spacial score (nSPS) is 16.2. The van der Waals surface area contributed by atoms with Crippen LogP contribution >= 0.6 is 0 Å². The number of carbonyl (C=O) groups excluding carboxylic acids is 2. The van der Waals surface area contributed by atoms with Crippen molar-refractivity contribution in [1.29, 1.82) is 0 Å². The molecular weight excluding hydrogens is 316 g/mol. The van der Waals surface area contributed by atoms with Gasteiger partial charge >= 0.3 is 6.03 Å². The molecule has 0 bridgehead atoms. The fourth-order valence-electron chi connectivity index (χ4n) is 3.41. The summed E-state index contributed by atoms with van der Waals surface area (Å²) >= 11 is 0. The molecule has 1 aliphatic heterocycles. The number of carbonyl (C=O) groups is 2. The number of nitrogens with one attached hydrogen (secondary N) is 2. The molecule has 0 spiro atoms. The monoisotopic (exact) mass is 354 g/mol. The van der Waals surface area contributed by atoms with Crippen LogP contribution in [0.1, 0.15) is 52.9 Å². The van der Waals surface area contributed by atoms with E-state index in [1.807, 2.05) is 19.0 Å². The van der Waals surface area contributed by atoms with Gasteiger partial charge in [-0.1, -0.05) is 33.6 Å². The molecule has 0 saturated carbocycles. The van der Waals surface area contributed by atoms with Crippen molar-refractivity contribution in [3.8, 4) is 0 Å². The zero-order chi connectivity index (χ0) is 18.9. The lowest BCUT2D eigenvalue weighted by Crippen LogP contribution is -2.48. The van der Waals surface area contributed by atoms with Gasteiger partial charge in [0.2, 0.25) is 5.91 Å². The molecule has 1 fully saturated rings. The molecule has 25 heavy (non-hydrogen) atoms. The molecule has 1 rings (SSSR count). The first kappa shape index (κ1) is 21.7. The summed E-state index contributed by atoms with van der Waals surface area (Å²) in [5.41, 5.74) is 0.0538. The number of amides is 3. The highest BCUT2D eigenvalue weighted by Gasteiger charge is 2.28. The van der Waals surface area contributed by atoms with Gasteiger partial charge in [-0.3, -0.25) is 4.79 Å². The quantitative estimate of drug-likeness (QED) is 0.625. The minimum absolute atomic E-state index is 0.0158. The van der Waals surface area contributed by atoms with Gasteiger partial charge in [0.15, 0.2) is 0 Å². The second-order valence-corrected chi connectivity index (χ2v) is 8.32. The Labute approximate surface area is 153 Å². The van der Waals surface area contributed by atoms with Gasteiger partial charge in [-0.05, 0) is 38.8 Å². The van der Waals surface area contributed by atoms with Crippen LogP contribution in [0.3, 0.4) is 0 Å². The molecule has 1 heterocycles. The number of piperidine rings is 1. The van der Waals surface area contributed by atoms with Crippen LogP contribution in [-0.2, 0) is 4.79 Å². The summed E-state index contributed by atoms with van der Waals surface area (Å²) in [6, 6.07) is 0.0158. The molecule has 2 N–H and O–H groups in total. The van der Waals surface area contributed by atoms with E-state index in [1.165, 1.54) is 0 Å². The number of hydrogen-bond acceptors (Lipinski definition) is 3. The largest absolute Gasteiger partial charge is 0.355 e. The average Bonchev–Trinajstić information content (AvgIpc) is 2.55. The molecule has 0 unspecified atom stereocenters. The van der Waals surface area contributed by atoms with Crippen molar-refractivity contribution in [1.82, 2.24) is 20.4 Å². The number of rotatable bonds is 9.